The van der Waals surface area contributed by atoms with Gasteiger partial charge >= 0.3 is 5.97 Å². The van der Waals surface area contributed by atoms with E-state index in [1.54, 1.807) is 22.9 Å². The van der Waals surface area contributed by atoms with Crippen molar-refractivity contribution in [3.05, 3.63) is 35.2 Å². The smallest absolute Gasteiger partial charge is 0.306 e. The van der Waals surface area contributed by atoms with E-state index in [1.165, 1.54) is 0 Å². The quantitative estimate of drug-likeness (QED) is 0.732. The van der Waals surface area contributed by atoms with Crippen molar-refractivity contribution in [1.82, 2.24) is 9.78 Å². The van der Waals surface area contributed by atoms with E-state index >= 15 is 0 Å². The molecule has 0 saturated heterocycles. The van der Waals surface area contributed by atoms with E-state index in [0.29, 0.717) is 23.6 Å². The summed E-state index contributed by atoms with van der Waals surface area (Å²) in [5.41, 5.74) is 3.55. The van der Waals surface area contributed by atoms with Gasteiger partial charge in [-0.2, -0.15) is 5.10 Å². The number of hydrogen-bond acceptors (Lipinski definition) is 6. The first-order valence-corrected chi connectivity index (χ1v) is 10.3. The number of nitrogens with one attached hydrogen (secondary N) is 1. The lowest BCUT2D eigenvalue weighted by atomic mass is 10.1. The highest BCUT2D eigenvalue weighted by atomic mass is 16.7. The molecule has 2 heterocycles. The molecule has 0 radical (unpaired) electrons. The van der Waals surface area contributed by atoms with E-state index in [1.807, 2.05) is 20.9 Å². The average Bonchev–Trinajstić information content (AvgIpc) is 3.37. The first-order chi connectivity index (χ1) is 14.3. The summed E-state index contributed by atoms with van der Waals surface area (Å²) in [4.78, 5) is 24.2. The minimum Gasteiger partial charge on any atom is -0.456 e. The second kappa shape index (κ2) is 8.01. The van der Waals surface area contributed by atoms with E-state index in [-0.39, 0.29) is 13.0 Å². The SMILES string of the molecule is Cc1nn(C)c(C)c1CCC(=O)OCC(=O)Nc1ccc2c(c1)OC1(CCCC1)O2. The molecule has 2 aromatic rings. The number of carbonyl (C=O) groups is 2. The number of aryl methyl sites for hydroxylation is 2. The van der Waals surface area contributed by atoms with Gasteiger partial charge in [-0.3, -0.25) is 14.3 Å². The van der Waals surface area contributed by atoms with Crippen molar-refractivity contribution in [2.45, 2.75) is 58.2 Å². The number of fused-ring (bicyclic) bond motifs is 1. The third-order valence-electron chi connectivity index (χ3n) is 5.79. The first-order valence-electron chi connectivity index (χ1n) is 10.3. The van der Waals surface area contributed by atoms with Crippen LogP contribution < -0.4 is 14.8 Å². The van der Waals surface area contributed by atoms with Crippen molar-refractivity contribution in [2.24, 2.45) is 7.05 Å². The predicted molar refractivity (Wildman–Crippen MR) is 109 cm³/mol. The normalized spacial score (nSPS) is 16.1. The monoisotopic (exact) mass is 413 g/mol. The fourth-order valence-electron chi connectivity index (χ4n) is 4.11. The van der Waals surface area contributed by atoms with Crippen molar-refractivity contribution in [3.63, 3.8) is 0 Å². The standard InChI is InChI=1S/C22H27N3O5/c1-14-17(15(2)25(3)24-14)7-9-21(27)28-13-20(26)23-16-6-8-18-19(12-16)30-22(29-18)10-4-5-11-22/h6,8,12H,4-5,7,9-11,13H2,1-3H3,(H,23,26). The molecule has 2 aliphatic rings. The van der Waals surface area contributed by atoms with Crippen molar-refractivity contribution >= 4 is 17.6 Å². The summed E-state index contributed by atoms with van der Waals surface area (Å²) in [6.45, 7) is 3.55. The Morgan fingerprint density at radius 1 is 1.20 bits per heavy atom. The van der Waals surface area contributed by atoms with Crippen LogP contribution in [0.2, 0.25) is 0 Å². The molecule has 1 N–H and O–H groups in total. The van der Waals surface area contributed by atoms with Crippen LogP contribution in [0, 0.1) is 13.8 Å². The minimum atomic E-state index is -0.536. The van der Waals surface area contributed by atoms with Crippen LogP contribution in [0.4, 0.5) is 5.69 Å². The summed E-state index contributed by atoms with van der Waals surface area (Å²) < 4.78 is 18.9. The number of amides is 1. The second-order valence-corrected chi connectivity index (χ2v) is 7.97. The number of rotatable bonds is 6. The molecule has 30 heavy (non-hydrogen) atoms. The molecular formula is C22H27N3O5. The predicted octanol–water partition coefficient (Wildman–Crippen LogP) is 3.19. The molecule has 1 aromatic carbocycles. The summed E-state index contributed by atoms with van der Waals surface area (Å²) in [5, 5.41) is 7.08. The van der Waals surface area contributed by atoms with Crippen LogP contribution in [0.25, 0.3) is 0 Å². The summed E-state index contributed by atoms with van der Waals surface area (Å²) in [5.74, 6) is -0.0183. The van der Waals surface area contributed by atoms with Crippen LogP contribution in [0.15, 0.2) is 18.2 Å². The molecule has 1 amide bonds. The van der Waals surface area contributed by atoms with Crippen LogP contribution >= 0.6 is 0 Å². The highest BCUT2D eigenvalue weighted by Gasteiger charge is 2.44. The topological polar surface area (TPSA) is 91.7 Å². The largest absolute Gasteiger partial charge is 0.456 e. The van der Waals surface area contributed by atoms with Crippen molar-refractivity contribution in [1.29, 1.82) is 0 Å². The van der Waals surface area contributed by atoms with E-state index in [0.717, 1.165) is 42.6 Å². The third kappa shape index (κ3) is 4.13. The van der Waals surface area contributed by atoms with Gasteiger partial charge in [-0.25, -0.2) is 0 Å². The van der Waals surface area contributed by atoms with Gasteiger partial charge in [-0.1, -0.05) is 0 Å². The zero-order valence-electron chi connectivity index (χ0n) is 17.6. The Hall–Kier alpha value is -3.03. The Balaban J connectivity index is 1.25. The van der Waals surface area contributed by atoms with Crippen LogP contribution in [-0.2, 0) is 27.8 Å². The summed E-state index contributed by atoms with van der Waals surface area (Å²) in [6.07, 6.45) is 4.66. The van der Waals surface area contributed by atoms with Gasteiger partial charge in [0.25, 0.3) is 11.7 Å². The number of esters is 1. The number of ether oxygens (including phenoxy) is 3. The molecule has 1 aromatic heterocycles. The van der Waals surface area contributed by atoms with Gasteiger partial charge in [0, 0.05) is 43.8 Å². The molecule has 1 spiro atoms. The molecule has 0 bridgehead atoms. The van der Waals surface area contributed by atoms with Crippen molar-refractivity contribution < 1.29 is 23.8 Å². The lowest BCUT2D eigenvalue weighted by Crippen LogP contribution is -2.34. The first kappa shape index (κ1) is 20.3. The molecular weight excluding hydrogens is 386 g/mol. The fourth-order valence-corrected chi connectivity index (χ4v) is 4.11. The molecule has 1 aliphatic heterocycles. The van der Waals surface area contributed by atoms with Crippen LogP contribution in [0.5, 0.6) is 11.5 Å². The average molecular weight is 413 g/mol. The van der Waals surface area contributed by atoms with Gasteiger partial charge in [0.2, 0.25) is 0 Å². The second-order valence-electron chi connectivity index (χ2n) is 7.97. The van der Waals surface area contributed by atoms with E-state index in [9.17, 15) is 9.59 Å². The summed E-state index contributed by atoms with van der Waals surface area (Å²) >= 11 is 0. The molecule has 1 aliphatic carbocycles. The molecule has 1 fully saturated rings. The van der Waals surface area contributed by atoms with Crippen LogP contribution in [-0.4, -0.2) is 34.1 Å². The number of benzene rings is 1. The van der Waals surface area contributed by atoms with Gasteiger partial charge in [0.15, 0.2) is 18.1 Å². The van der Waals surface area contributed by atoms with Crippen molar-refractivity contribution in [2.75, 3.05) is 11.9 Å². The van der Waals surface area contributed by atoms with Crippen molar-refractivity contribution in [3.8, 4) is 11.5 Å². The summed E-state index contributed by atoms with van der Waals surface area (Å²) in [7, 11) is 1.87. The molecule has 0 unspecified atom stereocenters. The zero-order chi connectivity index (χ0) is 21.3. The number of aromatic nitrogens is 2. The summed E-state index contributed by atoms with van der Waals surface area (Å²) in [6, 6.07) is 5.29. The third-order valence-corrected chi connectivity index (χ3v) is 5.79. The Morgan fingerprint density at radius 3 is 2.63 bits per heavy atom. The number of nitrogens with zero attached hydrogens (tertiary/aromatic N) is 2. The highest BCUT2D eigenvalue weighted by Crippen LogP contribution is 2.47. The van der Waals surface area contributed by atoms with E-state index < -0.39 is 17.7 Å². The molecule has 1 saturated carbocycles. The maximum Gasteiger partial charge on any atom is 0.306 e. The van der Waals surface area contributed by atoms with Gasteiger partial charge in [-0.05, 0) is 50.8 Å². The van der Waals surface area contributed by atoms with Gasteiger partial charge in [-0.15, -0.1) is 0 Å². The maximum absolute atomic E-state index is 12.2. The molecule has 0 atom stereocenters. The van der Waals surface area contributed by atoms with Crippen LogP contribution in [0.3, 0.4) is 0 Å². The van der Waals surface area contributed by atoms with Gasteiger partial charge in [0.05, 0.1) is 5.69 Å². The number of carbonyl (C=O) groups excluding carboxylic acids is 2. The Kier molecular flexibility index (Phi) is 5.40. The van der Waals surface area contributed by atoms with Gasteiger partial charge < -0.3 is 19.5 Å². The Bertz CT molecular complexity index is 975. The zero-order valence-corrected chi connectivity index (χ0v) is 17.6. The maximum atomic E-state index is 12.2. The molecule has 160 valence electrons. The highest BCUT2D eigenvalue weighted by molar-refractivity contribution is 5.93. The molecule has 8 nitrogen and oxygen atoms in total. The van der Waals surface area contributed by atoms with Crippen LogP contribution in [0.1, 0.15) is 49.1 Å². The Morgan fingerprint density at radius 2 is 1.93 bits per heavy atom. The fraction of sp³-hybridized carbons (Fsp3) is 0.500. The Labute approximate surface area is 175 Å². The number of hydrogen-bond donors (Lipinski definition) is 1. The molecule has 8 heteroatoms. The van der Waals surface area contributed by atoms with E-state index in [4.69, 9.17) is 14.2 Å². The van der Waals surface area contributed by atoms with E-state index in [2.05, 4.69) is 10.4 Å². The lowest BCUT2D eigenvalue weighted by Gasteiger charge is -2.21. The minimum absolute atomic E-state index is 0.201. The number of anilines is 1. The van der Waals surface area contributed by atoms with Gasteiger partial charge in [0.1, 0.15) is 0 Å². The lowest BCUT2D eigenvalue weighted by molar-refractivity contribution is -0.147. The molecule has 4 rings (SSSR count).